The molecule has 0 fully saturated rings. The number of hydrogen-bond acceptors (Lipinski definition) is 2. The van der Waals surface area contributed by atoms with Crippen LogP contribution in [0, 0.1) is 0 Å². The number of rotatable bonds is 5. The van der Waals surface area contributed by atoms with Crippen molar-refractivity contribution in [3.63, 3.8) is 0 Å². The predicted molar refractivity (Wildman–Crippen MR) is 62.5 cm³/mol. The maximum absolute atomic E-state index is 4.49. The second-order valence-corrected chi connectivity index (χ2v) is 18.9. The molecule has 0 radical (unpaired) electrons. The zero-order valence-electron chi connectivity index (χ0n) is 8.22. The smallest absolute Gasteiger partial charge is 0.0998 e. The molecule has 0 N–H and O–H groups in total. The molecule has 0 bridgehead atoms. The van der Waals surface area contributed by atoms with E-state index in [1.54, 1.807) is 0 Å². The van der Waals surface area contributed by atoms with E-state index < -0.39 is 7.59 Å². The fourth-order valence-electron chi connectivity index (χ4n) is 0.967. The highest BCUT2D eigenvalue weighted by molar-refractivity contribution is 7.79. The maximum atomic E-state index is 4.49. The molecule has 0 amide bonds. The van der Waals surface area contributed by atoms with Gasteiger partial charge in [-0.2, -0.15) is 0 Å². The van der Waals surface area contributed by atoms with Crippen LogP contribution in [0.1, 0.15) is 19.8 Å². The van der Waals surface area contributed by atoms with Gasteiger partial charge in [0.15, 0.2) is 0 Å². The lowest BCUT2D eigenvalue weighted by Gasteiger charge is -2.22. The highest BCUT2D eigenvalue weighted by atomic mass is 32.1. The lowest BCUT2D eigenvalue weighted by atomic mass is 10.3. The van der Waals surface area contributed by atoms with Gasteiger partial charge in [-0.1, -0.05) is 33.0 Å². The molecule has 1 nitrogen and oxygen atoms in total. The molecule has 0 unspecified atom stereocenters. The Balaban J connectivity index is 3.44. The van der Waals surface area contributed by atoms with E-state index in [0.717, 1.165) is 0 Å². The lowest BCUT2D eigenvalue weighted by molar-refractivity contribution is 0.649. The first kappa shape index (κ1) is 11.7. The number of nitrogens with zero attached hydrogens (tertiary/aromatic N) is 1. The zero-order valence-corrected chi connectivity index (χ0v) is 11.5. The van der Waals surface area contributed by atoms with Crippen molar-refractivity contribution < 1.29 is 0 Å². The Hall–Kier alpha value is 0.744. The summed E-state index contributed by atoms with van der Waals surface area (Å²) in [5, 5.41) is 0. The van der Waals surface area contributed by atoms with E-state index in [1.807, 2.05) is 0 Å². The van der Waals surface area contributed by atoms with Gasteiger partial charge in [0.1, 0.15) is 0 Å². The summed E-state index contributed by atoms with van der Waals surface area (Å²) in [6, 6.07) is 0. The van der Waals surface area contributed by atoms with Crippen molar-refractivity contribution >= 4 is 29.6 Å². The van der Waals surface area contributed by atoms with Crippen LogP contribution < -0.4 is 0 Å². The summed E-state index contributed by atoms with van der Waals surface area (Å²) in [4.78, 5) is 0. The molecule has 0 aromatic heterocycles. The highest BCUT2D eigenvalue weighted by Gasteiger charge is 2.16. The van der Waals surface area contributed by atoms with E-state index in [2.05, 4.69) is 43.4 Å². The largest absolute Gasteiger partial charge is 0.284 e. The summed E-state index contributed by atoms with van der Waals surface area (Å²) in [5.74, 6) is 0. The van der Waals surface area contributed by atoms with Crippen molar-refractivity contribution in [3.8, 4) is 0 Å². The van der Waals surface area contributed by atoms with Gasteiger partial charge in [-0.05, 0) is 6.42 Å². The van der Waals surface area contributed by atoms with Gasteiger partial charge in [-0.15, -0.1) is 12.8 Å². The van der Waals surface area contributed by atoms with Gasteiger partial charge in [0.05, 0.1) is 9.20 Å². The van der Waals surface area contributed by atoms with Crippen molar-refractivity contribution in [1.82, 2.24) is 3.97 Å². The summed E-state index contributed by atoms with van der Waals surface area (Å²) in [5.41, 5.74) is 0. The molecule has 0 rings (SSSR count). The molecule has 68 valence electrons. The first-order chi connectivity index (χ1) is 4.95. The quantitative estimate of drug-likeness (QED) is 0.532. The van der Waals surface area contributed by atoms with Crippen LogP contribution in [0.15, 0.2) is 0 Å². The molecule has 0 aromatic carbocycles. The van der Waals surface area contributed by atoms with E-state index in [0.29, 0.717) is 0 Å². The van der Waals surface area contributed by atoms with E-state index in [-0.39, 0.29) is 9.20 Å². The van der Waals surface area contributed by atoms with Crippen LogP contribution in [0.4, 0.5) is 0 Å². The molecule has 0 spiro atoms. The molecule has 4 heteroatoms. The van der Waals surface area contributed by atoms with E-state index in [4.69, 9.17) is 0 Å². The number of hydrogen-bond donors (Lipinski definition) is 1. The Morgan fingerprint density at radius 2 is 1.91 bits per heavy atom. The minimum atomic E-state index is -0.782. The van der Waals surface area contributed by atoms with Gasteiger partial charge in [0, 0.05) is 14.1 Å². The molecule has 0 aliphatic rings. The van der Waals surface area contributed by atoms with Gasteiger partial charge in [-0.25, -0.2) is 0 Å². The summed E-state index contributed by atoms with van der Waals surface area (Å²) in [6.45, 7) is 10.8. The summed E-state index contributed by atoms with van der Waals surface area (Å²) < 4.78 is 2.32. The fourth-order valence-corrected chi connectivity index (χ4v) is 10.2. The molecule has 0 saturated carbocycles. The summed E-state index contributed by atoms with van der Waals surface area (Å²) >= 11 is 4.49. The fraction of sp³-hybridized carbons (Fsp3) is 1.00. The standard InChI is InChI=1S/C7H21NSSi2/c1-5-6-7-8(9)10-11(2,3)4/h9H,5-7,10H2,1-4H3. The minimum Gasteiger partial charge on any atom is -0.284 e. The molecule has 0 atom stereocenters. The van der Waals surface area contributed by atoms with Crippen LogP contribution in [0.2, 0.25) is 19.6 Å². The van der Waals surface area contributed by atoms with Crippen LogP contribution in [-0.2, 0) is 0 Å². The van der Waals surface area contributed by atoms with E-state index >= 15 is 0 Å². The average Bonchev–Trinajstić information content (AvgIpc) is 1.79. The Morgan fingerprint density at radius 1 is 1.36 bits per heavy atom. The summed E-state index contributed by atoms with van der Waals surface area (Å²) in [6.07, 6.45) is 2.60. The average molecular weight is 207 g/mol. The van der Waals surface area contributed by atoms with Crippen LogP contribution in [0.25, 0.3) is 0 Å². The molecule has 0 aromatic rings. The van der Waals surface area contributed by atoms with E-state index in [9.17, 15) is 0 Å². The summed E-state index contributed by atoms with van der Waals surface area (Å²) in [7, 11) is -0.792. The molecule has 0 heterocycles. The van der Waals surface area contributed by atoms with Gasteiger partial charge < -0.3 is 0 Å². The van der Waals surface area contributed by atoms with Gasteiger partial charge in [0.2, 0.25) is 0 Å². The molecule has 11 heavy (non-hydrogen) atoms. The third-order valence-electron chi connectivity index (χ3n) is 1.43. The van der Waals surface area contributed by atoms with Gasteiger partial charge in [-0.3, -0.25) is 3.97 Å². The van der Waals surface area contributed by atoms with Crippen LogP contribution in [-0.4, -0.2) is 27.3 Å². The molecular formula is C7H21NSSi2. The number of thiol groups is 1. The second-order valence-electron chi connectivity index (χ2n) is 4.30. The van der Waals surface area contributed by atoms with Gasteiger partial charge in [0.25, 0.3) is 0 Å². The topological polar surface area (TPSA) is 3.24 Å². The Bertz CT molecular complexity index is 103. The van der Waals surface area contributed by atoms with Crippen molar-refractivity contribution in [2.75, 3.05) is 6.54 Å². The van der Waals surface area contributed by atoms with E-state index in [1.165, 1.54) is 19.4 Å². The van der Waals surface area contributed by atoms with Crippen molar-refractivity contribution in [1.29, 1.82) is 0 Å². The highest BCUT2D eigenvalue weighted by Crippen LogP contribution is 2.04. The molecule has 0 aliphatic carbocycles. The third-order valence-corrected chi connectivity index (χ3v) is 8.47. The lowest BCUT2D eigenvalue weighted by Crippen LogP contribution is -2.39. The number of unbranched alkanes of at least 4 members (excludes halogenated alkanes) is 1. The first-order valence-corrected chi connectivity index (χ1v) is 11.3. The maximum Gasteiger partial charge on any atom is 0.0998 e. The van der Waals surface area contributed by atoms with Crippen molar-refractivity contribution in [3.05, 3.63) is 0 Å². The predicted octanol–water partition coefficient (Wildman–Crippen LogP) is 1.85. The van der Waals surface area contributed by atoms with Crippen molar-refractivity contribution in [2.45, 2.75) is 39.4 Å². The Labute approximate surface area is 79.8 Å². The van der Waals surface area contributed by atoms with Gasteiger partial charge >= 0.3 is 0 Å². The first-order valence-electron chi connectivity index (χ1n) is 4.39. The Morgan fingerprint density at radius 3 is 2.27 bits per heavy atom. The molecule has 0 aliphatic heterocycles. The minimum absolute atomic E-state index is 0.00988. The SMILES string of the molecule is CCCCN(S)[SiH2][Si](C)(C)C. The monoisotopic (exact) mass is 207 g/mol. The molecular weight excluding hydrogens is 186 g/mol. The normalized spacial score (nSPS) is 13.6. The Kier molecular flexibility index (Phi) is 5.77. The third kappa shape index (κ3) is 8.65. The molecule has 0 saturated heterocycles. The zero-order chi connectivity index (χ0) is 8.91. The van der Waals surface area contributed by atoms with Crippen LogP contribution in [0.5, 0.6) is 0 Å². The van der Waals surface area contributed by atoms with Crippen LogP contribution >= 0.6 is 12.8 Å². The van der Waals surface area contributed by atoms with Crippen molar-refractivity contribution in [2.24, 2.45) is 0 Å². The van der Waals surface area contributed by atoms with Crippen LogP contribution in [0.3, 0.4) is 0 Å². The second kappa shape index (κ2) is 5.40.